The van der Waals surface area contributed by atoms with Gasteiger partial charge in [-0.25, -0.2) is 14.8 Å². The second kappa shape index (κ2) is 9.00. The van der Waals surface area contributed by atoms with Crippen LogP contribution in [0.2, 0.25) is 0 Å². The van der Waals surface area contributed by atoms with Crippen molar-refractivity contribution in [3.63, 3.8) is 0 Å². The number of para-hydroxylation sites is 1. The van der Waals surface area contributed by atoms with Crippen molar-refractivity contribution in [2.24, 2.45) is 10.2 Å². The van der Waals surface area contributed by atoms with Crippen LogP contribution in [-0.2, 0) is 4.74 Å². The third-order valence-corrected chi connectivity index (χ3v) is 4.57. The molecule has 0 aliphatic carbocycles. The number of benzene rings is 3. The van der Waals surface area contributed by atoms with Gasteiger partial charge in [0.1, 0.15) is 5.69 Å². The van der Waals surface area contributed by atoms with Gasteiger partial charge in [0.25, 0.3) is 5.91 Å². The smallest absolute Gasteiger partial charge is 0.360 e. The Morgan fingerprint density at radius 1 is 0.969 bits per heavy atom. The van der Waals surface area contributed by atoms with Crippen LogP contribution in [0, 0.1) is 0 Å². The molecule has 0 fully saturated rings. The number of anilines is 1. The molecular weight excluding hydrogens is 410 g/mol. The molecule has 4 rings (SSSR count). The molecule has 9 nitrogen and oxygen atoms in total. The minimum absolute atomic E-state index is 0.0221. The number of phenolic OH excluding ortho intramolecular Hbond substituents is 1. The maximum Gasteiger partial charge on any atom is 0.360 e. The summed E-state index contributed by atoms with van der Waals surface area (Å²) in [5, 5.41) is 23.0. The van der Waals surface area contributed by atoms with Gasteiger partial charge in [0.15, 0.2) is 11.4 Å². The molecule has 9 heteroatoms. The quantitative estimate of drug-likeness (QED) is 0.348. The van der Waals surface area contributed by atoms with Gasteiger partial charge in [-0.2, -0.15) is 0 Å². The molecule has 2 N–H and O–H groups in total. The third-order valence-electron chi connectivity index (χ3n) is 4.57. The zero-order valence-corrected chi connectivity index (χ0v) is 16.9. The van der Waals surface area contributed by atoms with E-state index in [0.717, 1.165) is 0 Å². The number of azo groups is 1. The first-order valence-electron chi connectivity index (χ1n) is 9.50. The first-order chi connectivity index (χ1) is 15.6. The Morgan fingerprint density at radius 3 is 2.47 bits per heavy atom. The number of esters is 1. The van der Waals surface area contributed by atoms with Gasteiger partial charge in [0.2, 0.25) is 5.82 Å². The van der Waals surface area contributed by atoms with Crippen LogP contribution in [0.1, 0.15) is 20.8 Å². The Morgan fingerprint density at radius 2 is 1.69 bits per heavy atom. The number of hydrogen-bond donors (Lipinski definition) is 2. The van der Waals surface area contributed by atoms with Crippen LogP contribution in [0.25, 0.3) is 10.8 Å². The molecule has 1 aromatic heterocycles. The molecule has 0 atom stereocenters. The number of carbonyl (C=O) groups excluding carboxylic acids is 2. The topological polar surface area (TPSA) is 126 Å². The van der Waals surface area contributed by atoms with Gasteiger partial charge in [-0.1, -0.05) is 42.5 Å². The van der Waals surface area contributed by atoms with Crippen molar-refractivity contribution in [2.75, 3.05) is 12.4 Å². The Bertz CT molecular complexity index is 1340. The molecule has 0 radical (unpaired) electrons. The minimum Gasteiger partial charge on any atom is -0.505 e. The number of aromatic hydroxyl groups is 1. The highest BCUT2D eigenvalue weighted by atomic mass is 16.5. The van der Waals surface area contributed by atoms with Crippen LogP contribution in [0.5, 0.6) is 5.75 Å². The summed E-state index contributed by atoms with van der Waals surface area (Å²) >= 11 is 0. The molecule has 32 heavy (non-hydrogen) atoms. The zero-order chi connectivity index (χ0) is 22.5. The normalized spacial score (nSPS) is 10.9. The lowest BCUT2D eigenvalue weighted by atomic mass is 10.0. The standard InChI is InChI=1S/C23H17N5O4/c1-32-23(31)19-21(25-12-11-24-19)28-27-18-16-10-6-5-7-14(16)13-17(20(18)29)22(30)26-15-8-3-2-4-9-15/h2-13,29H,1H3,(H,26,30)/b28-27+. The predicted octanol–water partition coefficient (Wildman–Crippen LogP) is 4.79. The largest absolute Gasteiger partial charge is 0.505 e. The summed E-state index contributed by atoms with van der Waals surface area (Å²) < 4.78 is 4.68. The van der Waals surface area contributed by atoms with Crippen molar-refractivity contribution >= 4 is 39.8 Å². The molecule has 0 unspecified atom stereocenters. The summed E-state index contributed by atoms with van der Waals surface area (Å²) in [5.74, 6) is -1.67. The fourth-order valence-corrected chi connectivity index (χ4v) is 3.05. The van der Waals surface area contributed by atoms with E-state index in [1.165, 1.54) is 19.5 Å². The Kier molecular flexibility index (Phi) is 5.80. The molecule has 0 aliphatic heterocycles. The van der Waals surface area contributed by atoms with Gasteiger partial charge in [0.05, 0.1) is 12.7 Å². The number of fused-ring (bicyclic) bond motifs is 1. The predicted molar refractivity (Wildman–Crippen MR) is 118 cm³/mol. The van der Waals surface area contributed by atoms with Crippen LogP contribution in [-0.4, -0.2) is 34.1 Å². The SMILES string of the molecule is COC(=O)c1nccnc1/N=N/c1c(O)c(C(=O)Nc2ccccc2)cc2ccccc12. The molecule has 4 aromatic rings. The van der Waals surface area contributed by atoms with Crippen molar-refractivity contribution < 1.29 is 19.4 Å². The third kappa shape index (κ3) is 4.12. The van der Waals surface area contributed by atoms with E-state index in [0.29, 0.717) is 16.5 Å². The molecule has 1 amide bonds. The summed E-state index contributed by atoms with van der Waals surface area (Å²) in [6.07, 6.45) is 2.68. The van der Waals surface area contributed by atoms with E-state index in [9.17, 15) is 14.7 Å². The number of aromatic nitrogens is 2. The summed E-state index contributed by atoms with van der Waals surface area (Å²) in [6, 6.07) is 17.5. The van der Waals surface area contributed by atoms with Crippen molar-refractivity contribution in [2.45, 2.75) is 0 Å². The summed E-state index contributed by atoms with van der Waals surface area (Å²) in [7, 11) is 1.21. The number of amides is 1. The molecule has 1 heterocycles. The minimum atomic E-state index is -0.725. The van der Waals surface area contributed by atoms with Gasteiger partial charge in [-0.15, -0.1) is 10.2 Å². The van der Waals surface area contributed by atoms with E-state index in [-0.39, 0.29) is 28.5 Å². The van der Waals surface area contributed by atoms with Crippen LogP contribution in [0.4, 0.5) is 17.2 Å². The van der Waals surface area contributed by atoms with Gasteiger partial charge in [-0.05, 0) is 23.6 Å². The lowest BCUT2D eigenvalue weighted by Gasteiger charge is -2.11. The van der Waals surface area contributed by atoms with E-state index in [1.807, 2.05) is 6.07 Å². The number of rotatable bonds is 5. The highest BCUT2D eigenvalue weighted by Crippen LogP contribution is 2.39. The molecule has 0 saturated heterocycles. The monoisotopic (exact) mass is 427 g/mol. The highest BCUT2D eigenvalue weighted by Gasteiger charge is 2.19. The van der Waals surface area contributed by atoms with E-state index < -0.39 is 11.9 Å². The van der Waals surface area contributed by atoms with E-state index in [4.69, 9.17) is 0 Å². The van der Waals surface area contributed by atoms with Crippen LogP contribution in [0.3, 0.4) is 0 Å². The fraction of sp³-hybridized carbons (Fsp3) is 0.0435. The summed E-state index contributed by atoms with van der Waals surface area (Å²) in [4.78, 5) is 32.7. The number of nitrogens with zero attached hydrogens (tertiary/aromatic N) is 4. The van der Waals surface area contributed by atoms with Gasteiger partial charge in [0, 0.05) is 23.5 Å². The Balaban J connectivity index is 1.80. The van der Waals surface area contributed by atoms with Crippen molar-refractivity contribution in [3.8, 4) is 5.75 Å². The second-order valence-corrected chi connectivity index (χ2v) is 6.58. The molecule has 0 aliphatic rings. The molecule has 0 bridgehead atoms. The fourth-order valence-electron chi connectivity index (χ4n) is 3.05. The first kappa shape index (κ1) is 20.6. The maximum absolute atomic E-state index is 12.9. The molecule has 0 saturated carbocycles. The van der Waals surface area contributed by atoms with E-state index >= 15 is 0 Å². The molecule has 158 valence electrons. The Hall–Kier alpha value is -4.66. The van der Waals surface area contributed by atoms with Gasteiger partial charge in [-0.3, -0.25) is 4.79 Å². The highest BCUT2D eigenvalue weighted by molar-refractivity contribution is 6.11. The molecular formula is C23H17N5O4. The van der Waals surface area contributed by atoms with Crippen LogP contribution < -0.4 is 5.32 Å². The number of ether oxygens (including phenoxy) is 1. The number of methoxy groups -OCH3 is 1. The lowest BCUT2D eigenvalue weighted by molar-refractivity contribution is 0.0594. The van der Waals surface area contributed by atoms with E-state index in [1.54, 1.807) is 54.6 Å². The number of hydrogen-bond acceptors (Lipinski definition) is 8. The van der Waals surface area contributed by atoms with Crippen molar-refractivity contribution in [1.82, 2.24) is 9.97 Å². The van der Waals surface area contributed by atoms with E-state index in [2.05, 4.69) is 30.3 Å². The van der Waals surface area contributed by atoms with Crippen LogP contribution in [0.15, 0.2) is 83.3 Å². The van der Waals surface area contributed by atoms with Crippen molar-refractivity contribution in [3.05, 3.63) is 84.3 Å². The zero-order valence-electron chi connectivity index (χ0n) is 16.9. The average molecular weight is 427 g/mol. The number of phenols is 1. The number of carbonyl (C=O) groups is 2. The van der Waals surface area contributed by atoms with Gasteiger partial charge >= 0.3 is 5.97 Å². The molecule has 0 spiro atoms. The second-order valence-electron chi connectivity index (χ2n) is 6.58. The van der Waals surface area contributed by atoms with Crippen LogP contribution >= 0.6 is 0 Å². The van der Waals surface area contributed by atoms with Gasteiger partial charge < -0.3 is 15.2 Å². The number of nitrogens with one attached hydrogen (secondary N) is 1. The summed E-state index contributed by atoms with van der Waals surface area (Å²) in [5.41, 5.74) is 0.535. The first-order valence-corrected chi connectivity index (χ1v) is 9.50. The average Bonchev–Trinajstić information content (AvgIpc) is 2.83. The summed E-state index contributed by atoms with van der Waals surface area (Å²) in [6.45, 7) is 0. The molecule has 3 aromatic carbocycles. The lowest BCUT2D eigenvalue weighted by Crippen LogP contribution is -2.12. The Labute approximate surface area is 182 Å². The van der Waals surface area contributed by atoms with Crippen molar-refractivity contribution in [1.29, 1.82) is 0 Å². The maximum atomic E-state index is 12.9.